The fourth-order valence-electron chi connectivity index (χ4n) is 7.51. The van der Waals surface area contributed by atoms with Gasteiger partial charge in [-0.3, -0.25) is 10.2 Å². The summed E-state index contributed by atoms with van der Waals surface area (Å²) in [6.07, 6.45) is 12.7. The highest BCUT2D eigenvalue weighted by atomic mass is 32.2. The van der Waals surface area contributed by atoms with E-state index in [1.54, 1.807) is 0 Å². The Kier molecular flexibility index (Phi) is 7.36. The van der Waals surface area contributed by atoms with E-state index in [1.165, 1.54) is 12.8 Å². The highest BCUT2D eigenvalue weighted by Crippen LogP contribution is 2.41. The van der Waals surface area contributed by atoms with Crippen LogP contribution in [0.3, 0.4) is 0 Å². The van der Waals surface area contributed by atoms with E-state index in [1.807, 2.05) is 4.31 Å². The summed E-state index contributed by atoms with van der Waals surface area (Å²) >= 11 is 0. The lowest BCUT2D eigenvalue weighted by Crippen LogP contribution is -2.50. The van der Waals surface area contributed by atoms with Crippen molar-refractivity contribution in [1.82, 2.24) is 19.6 Å². The lowest BCUT2D eigenvalue weighted by molar-refractivity contribution is -0.138. The van der Waals surface area contributed by atoms with Crippen LogP contribution in [0.25, 0.3) is 0 Å². The number of rotatable bonds is 4. The molecule has 8 heteroatoms. The van der Waals surface area contributed by atoms with Crippen molar-refractivity contribution in [3.63, 3.8) is 0 Å². The Morgan fingerprint density at radius 1 is 0.788 bits per heavy atom. The number of piperidine rings is 3. The molecule has 0 aromatic carbocycles. The third kappa shape index (κ3) is 4.87. The molecule has 4 unspecified atom stereocenters. The van der Waals surface area contributed by atoms with E-state index in [0.29, 0.717) is 30.8 Å². The zero-order chi connectivity index (χ0) is 23.0. The van der Waals surface area contributed by atoms with Gasteiger partial charge in [0.05, 0.1) is 11.2 Å². The summed E-state index contributed by atoms with van der Waals surface area (Å²) in [5.74, 6) is 1.61. The van der Waals surface area contributed by atoms with Gasteiger partial charge in [0, 0.05) is 44.8 Å². The highest BCUT2D eigenvalue weighted by Gasteiger charge is 2.49. The van der Waals surface area contributed by atoms with Gasteiger partial charge in [-0.25, -0.2) is 17.7 Å². The minimum atomic E-state index is -3.13. The largest absolute Gasteiger partial charge is 0.342 e. The standard InChI is InChI=1S/C25H44N4O3S/c1-19-24(25(30)27-13-6-3-7-14-27)23-18-21(12-17-29(23)26-19)20-10-15-28(16-11-20)33(31,32)22-8-4-2-5-9-22/h19-24,26H,2-18H2,1H3. The fourth-order valence-corrected chi connectivity index (χ4v) is 9.58. The molecular formula is C25H44N4O3S. The summed E-state index contributed by atoms with van der Waals surface area (Å²) in [5.41, 5.74) is 3.61. The minimum absolute atomic E-state index is 0.0534. The van der Waals surface area contributed by atoms with Crippen molar-refractivity contribution >= 4 is 15.9 Å². The maximum atomic E-state index is 13.4. The molecule has 188 valence electrons. The van der Waals surface area contributed by atoms with E-state index in [-0.39, 0.29) is 23.3 Å². The molecule has 5 aliphatic rings. The summed E-state index contributed by atoms with van der Waals surface area (Å²) in [6.45, 7) is 6.41. The van der Waals surface area contributed by atoms with Crippen molar-refractivity contribution in [2.45, 2.75) is 101 Å². The Bertz CT molecular complexity index is 785. The van der Waals surface area contributed by atoms with Gasteiger partial charge in [0.15, 0.2) is 0 Å². The van der Waals surface area contributed by atoms with Crippen LogP contribution >= 0.6 is 0 Å². The number of nitrogens with zero attached hydrogens (tertiary/aromatic N) is 3. The average molecular weight is 481 g/mol. The molecule has 1 aliphatic carbocycles. The number of likely N-dealkylation sites (tertiary alicyclic amines) is 1. The molecule has 1 saturated carbocycles. The van der Waals surface area contributed by atoms with Crippen LogP contribution in [0.15, 0.2) is 0 Å². The van der Waals surface area contributed by atoms with Crippen LogP contribution in [-0.2, 0) is 14.8 Å². The lowest BCUT2D eigenvalue weighted by Gasteiger charge is -2.43. The third-order valence-corrected chi connectivity index (χ3v) is 11.9. The third-order valence-electron chi connectivity index (χ3n) is 9.46. The van der Waals surface area contributed by atoms with Crippen molar-refractivity contribution in [3.8, 4) is 0 Å². The quantitative estimate of drug-likeness (QED) is 0.670. The van der Waals surface area contributed by atoms with E-state index >= 15 is 0 Å². The highest BCUT2D eigenvalue weighted by molar-refractivity contribution is 7.89. The molecule has 0 aromatic heterocycles. The lowest BCUT2D eigenvalue weighted by atomic mass is 9.74. The maximum absolute atomic E-state index is 13.4. The maximum Gasteiger partial charge on any atom is 0.228 e. The van der Waals surface area contributed by atoms with Gasteiger partial charge in [-0.1, -0.05) is 19.3 Å². The van der Waals surface area contributed by atoms with Crippen molar-refractivity contribution in [3.05, 3.63) is 0 Å². The van der Waals surface area contributed by atoms with Crippen molar-refractivity contribution in [2.75, 3.05) is 32.7 Å². The summed E-state index contributed by atoms with van der Waals surface area (Å²) in [5, 5.41) is 2.22. The molecule has 5 rings (SSSR count). The summed E-state index contributed by atoms with van der Waals surface area (Å²) in [4.78, 5) is 15.6. The van der Waals surface area contributed by atoms with Gasteiger partial charge in [0.2, 0.25) is 15.9 Å². The first-order valence-corrected chi connectivity index (χ1v) is 15.3. The van der Waals surface area contributed by atoms with Gasteiger partial charge in [0.25, 0.3) is 0 Å². The number of carbonyl (C=O) groups is 1. The van der Waals surface area contributed by atoms with Crippen LogP contribution in [0.4, 0.5) is 0 Å². The van der Waals surface area contributed by atoms with Crippen LogP contribution in [-0.4, -0.2) is 78.6 Å². The predicted octanol–water partition coefficient (Wildman–Crippen LogP) is 2.98. The summed E-state index contributed by atoms with van der Waals surface area (Å²) < 4.78 is 28.1. The number of hydrogen-bond acceptors (Lipinski definition) is 5. The normalized spacial score (nSPS) is 36.1. The molecule has 4 saturated heterocycles. The number of hydrogen-bond donors (Lipinski definition) is 1. The molecule has 0 bridgehead atoms. The second-order valence-electron chi connectivity index (χ2n) is 11.4. The summed E-state index contributed by atoms with van der Waals surface area (Å²) in [6, 6.07) is 0.489. The molecule has 1 amide bonds. The van der Waals surface area contributed by atoms with Gasteiger partial charge >= 0.3 is 0 Å². The van der Waals surface area contributed by atoms with Crippen LogP contribution in [0.5, 0.6) is 0 Å². The summed E-state index contributed by atoms with van der Waals surface area (Å²) in [7, 11) is -3.13. The van der Waals surface area contributed by atoms with Gasteiger partial charge in [-0.15, -0.1) is 0 Å². The van der Waals surface area contributed by atoms with Crippen LogP contribution < -0.4 is 5.43 Å². The molecule has 7 nitrogen and oxygen atoms in total. The van der Waals surface area contributed by atoms with Crippen LogP contribution in [0.1, 0.15) is 84.0 Å². The molecule has 33 heavy (non-hydrogen) atoms. The zero-order valence-electron chi connectivity index (χ0n) is 20.5. The van der Waals surface area contributed by atoms with Gasteiger partial charge in [-0.2, -0.15) is 0 Å². The van der Waals surface area contributed by atoms with E-state index < -0.39 is 10.0 Å². The number of nitrogens with one attached hydrogen (secondary N) is 1. The minimum Gasteiger partial charge on any atom is -0.342 e. The van der Waals surface area contributed by atoms with Crippen LogP contribution in [0, 0.1) is 17.8 Å². The van der Waals surface area contributed by atoms with E-state index in [0.717, 1.165) is 83.8 Å². The van der Waals surface area contributed by atoms with Crippen LogP contribution in [0.2, 0.25) is 0 Å². The molecule has 4 heterocycles. The first-order valence-electron chi connectivity index (χ1n) is 13.8. The Morgan fingerprint density at radius 3 is 2.12 bits per heavy atom. The Morgan fingerprint density at radius 2 is 1.42 bits per heavy atom. The average Bonchev–Trinajstić information content (AvgIpc) is 3.19. The molecule has 0 spiro atoms. The zero-order valence-corrected chi connectivity index (χ0v) is 21.3. The molecule has 0 aromatic rings. The number of fused-ring (bicyclic) bond motifs is 1. The predicted molar refractivity (Wildman–Crippen MR) is 130 cm³/mol. The smallest absolute Gasteiger partial charge is 0.228 e. The Hall–Kier alpha value is -0.700. The SMILES string of the molecule is CC1NN2CCC(C3CCN(S(=O)(=O)C4CCCCC4)CC3)CC2C1C(=O)N1CCCCC1. The van der Waals surface area contributed by atoms with Crippen molar-refractivity contribution in [1.29, 1.82) is 0 Å². The number of carbonyl (C=O) groups excluding carboxylic acids is 1. The molecule has 4 atom stereocenters. The second kappa shape index (κ2) is 10.1. The number of amides is 1. The Labute approximate surface area is 200 Å². The molecule has 5 fully saturated rings. The van der Waals surface area contributed by atoms with Gasteiger partial charge in [-0.05, 0) is 76.5 Å². The van der Waals surface area contributed by atoms with E-state index in [2.05, 4.69) is 22.3 Å². The van der Waals surface area contributed by atoms with Crippen molar-refractivity contribution in [2.24, 2.45) is 17.8 Å². The molecule has 4 aliphatic heterocycles. The topological polar surface area (TPSA) is 73.0 Å². The van der Waals surface area contributed by atoms with Gasteiger partial charge < -0.3 is 4.90 Å². The first-order chi connectivity index (χ1) is 15.9. The number of hydrazine groups is 1. The second-order valence-corrected chi connectivity index (χ2v) is 13.6. The molecular weight excluding hydrogens is 436 g/mol. The fraction of sp³-hybridized carbons (Fsp3) is 0.960. The monoisotopic (exact) mass is 480 g/mol. The molecule has 1 N–H and O–H groups in total. The molecule has 0 radical (unpaired) electrons. The van der Waals surface area contributed by atoms with Crippen molar-refractivity contribution < 1.29 is 13.2 Å². The Balaban J connectivity index is 1.19. The van der Waals surface area contributed by atoms with Gasteiger partial charge in [0.1, 0.15) is 0 Å². The van der Waals surface area contributed by atoms with E-state index in [4.69, 9.17) is 0 Å². The number of sulfonamides is 1. The van der Waals surface area contributed by atoms with E-state index in [9.17, 15) is 13.2 Å². The first kappa shape index (κ1) is 24.0.